The first-order valence-electron chi connectivity index (χ1n) is 9.67. The number of rotatable bonds is 10. The molecule has 1 atom stereocenters. The molecule has 10 nitrogen and oxygen atoms in total. The van der Waals surface area contributed by atoms with E-state index in [1.807, 2.05) is 20.8 Å². The van der Waals surface area contributed by atoms with Crippen molar-refractivity contribution in [3.8, 4) is 0 Å². The number of ether oxygens (including phenoxy) is 2. The van der Waals surface area contributed by atoms with Crippen molar-refractivity contribution in [3.05, 3.63) is 0 Å². The van der Waals surface area contributed by atoms with E-state index in [2.05, 4.69) is 0 Å². The van der Waals surface area contributed by atoms with Gasteiger partial charge in [0.15, 0.2) is 0 Å². The normalized spacial score (nSPS) is 20.2. The van der Waals surface area contributed by atoms with Gasteiger partial charge < -0.3 is 14.3 Å². The highest BCUT2D eigenvalue weighted by Crippen LogP contribution is 2.35. The lowest BCUT2D eigenvalue weighted by atomic mass is 9.80. The monoisotopic (exact) mass is 412 g/mol. The summed E-state index contributed by atoms with van der Waals surface area (Å²) in [7, 11) is 0. The average molecular weight is 412 g/mol. The van der Waals surface area contributed by atoms with Crippen molar-refractivity contribution in [1.82, 2.24) is 9.96 Å². The molecule has 2 saturated heterocycles. The molecule has 2 fully saturated rings. The van der Waals surface area contributed by atoms with Gasteiger partial charge in [0.25, 0.3) is 11.8 Å². The molecule has 1 unspecified atom stereocenters. The Morgan fingerprint density at radius 1 is 0.931 bits per heavy atom. The van der Waals surface area contributed by atoms with E-state index in [0.717, 1.165) is 0 Å². The Morgan fingerprint density at radius 3 is 2.07 bits per heavy atom. The smallest absolute Gasteiger partial charge is 0.335 e. The summed E-state index contributed by atoms with van der Waals surface area (Å²) in [5.41, 5.74) is -0.257. The fourth-order valence-corrected chi connectivity index (χ4v) is 3.03. The lowest BCUT2D eigenvalue weighted by Gasteiger charge is -2.24. The van der Waals surface area contributed by atoms with E-state index in [0.29, 0.717) is 5.06 Å². The Bertz CT molecular complexity index is 654. The number of hydroxylamine groups is 2. The van der Waals surface area contributed by atoms with Crippen LogP contribution in [0.5, 0.6) is 0 Å². The molecule has 0 aromatic carbocycles. The quantitative estimate of drug-likeness (QED) is 0.374. The highest BCUT2D eigenvalue weighted by atomic mass is 16.7. The van der Waals surface area contributed by atoms with Crippen LogP contribution in [-0.4, -0.2) is 72.5 Å². The van der Waals surface area contributed by atoms with Crippen LogP contribution in [0.2, 0.25) is 0 Å². The van der Waals surface area contributed by atoms with Crippen LogP contribution in [0.15, 0.2) is 0 Å². The molecular weight excluding hydrogens is 384 g/mol. The molecule has 2 aliphatic rings. The number of amides is 4. The average Bonchev–Trinajstić information content (AvgIpc) is 3.10. The molecule has 0 aliphatic carbocycles. The molecule has 2 rings (SSSR count). The highest BCUT2D eigenvalue weighted by Gasteiger charge is 2.44. The van der Waals surface area contributed by atoms with Gasteiger partial charge in [-0.05, 0) is 5.41 Å². The Kier molecular flexibility index (Phi) is 7.86. The SMILES string of the molecule is CC(C)(C)C1CC(=O)N(CCOCCOCCC(=O)ON2C(=O)CCC2=O)C1=O. The molecule has 4 amide bonds. The van der Waals surface area contributed by atoms with Crippen molar-refractivity contribution < 1.29 is 38.3 Å². The number of hydrogen-bond donors (Lipinski definition) is 0. The predicted molar refractivity (Wildman–Crippen MR) is 97.7 cm³/mol. The minimum Gasteiger partial charge on any atom is -0.378 e. The summed E-state index contributed by atoms with van der Waals surface area (Å²) >= 11 is 0. The largest absolute Gasteiger partial charge is 0.378 e. The zero-order chi connectivity index (χ0) is 21.6. The number of nitrogens with zero attached hydrogens (tertiary/aromatic N) is 2. The molecule has 0 aromatic heterocycles. The molecule has 29 heavy (non-hydrogen) atoms. The lowest BCUT2D eigenvalue weighted by molar-refractivity contribution is -0.198. The summed E-state index contributed by atoms with van der Waals surface area (Å²) in [6.07, 6.45) is 0.217. The maximum Gasteiger partial charge on any atom is 0.335 e. The molecule has 0 bridgehead atoms. The molecule has 10 heteroatoms. The van der Waals surface area contributed by atoms with Gasteiger partial charge in [0.2, 0.25) is 11.8 Å². The molecule has 2 aliphatic heterocycles. The van der Waals surface area contributed by atoms with Crippen LogP contribution in [-0.2, 0) is 38.3 Å². The van der Waals surface area contributed by atoms with Gasteiger partial charge in [-0.3, -0.25) is 24.1 Å². The molecule has 2 heterocycles. The van der Waals surface area contributed by atoms with Crippen molar-refractivity contribution in [2.45, 2.75) is 46.5 Å². The van der Waals surface area contributed by atoms with Gasteiger partial charge in [-0.1, -0.05) is 20.8 Å². The zero-order valence-corrected chi connectivity index (χ0v) is 17.1. The summed E-state index contributed by atoms with van der Waals surface area (Å²) in [5.74, 6) is -2.42. The minimum atomic E-state index is -0.728. The van der Waals surface area contributed by atoms with Crippen molar-refractivity contribution in [2.24, 2.45) is 11.3 Å². The lowest BCUT2D eigenvalue weighted by Crippen LogP contribution is -2.36. The van der Waals surface area contributed by atoms with Crippen molar-refractivity contribution in [2.75, 3.05) is 33.0 Å². The second kappa shape index (κ2) is 9.93. The van der Waals surface area contributed by atoms with Crippen molar-refractivity contribution in [3.63, 3.8) is 0 Å². The topological polar surface area (TPSA) is 120 Å². The Morgan fingerprint density at radius 2 is 1.52 bits per heavy atom. The van der Waals surface area contributed by atoms with E-state index < -0.39 is 17.8 Å². The maximum absolute atomic E-state index is 12.3. The molecule has 162 valence electrons. The number of carbonyl (C=O) groups is 5. The number of likely N-dealkylation sites (tertiary alicyclic amines) is 1. The predicted octanol–water partition coefficient (Wildman–Crippen LogP) is 0.438. The van der Waals surface area contributed by atoms with Crippen molar-refractivity contribution in [1.29, 1.82) is 0 Å². The third-order valence-electron chi connectivity index (χ3n) is 4.77. The summed E-state index contributed by atoms with van der Waals surface area (Å²) in [5, 5.41) is 0.497. The van der Waals surface area contributed by atoms with Crippen LogP contribution in [0.4, 0.5) is 0 Å². The second-order valence-corrected chi connectivity index (χ2v) is 8.03. The third kappa shape index (κ3) is 6.33. The fourth-order valence-electron chi connectivity index (χ4n) is 3.03. The first kappa shape index (κ1) is 23.0. The Balaban J connectivity index is 1.53. The van der Waals surface area contributed by atoms with Gasteiger partial charge in [0, 0.05) is 19.3 Å². The summed E-state index contributed by atoms with van der Waals surface area (Å²) < 4.78 is 10.6. The highest BCUT2D eigenvalue weighted by molar-refractivity contribution is 6.04. The van der Waals surface area contributed by atoms with E-state index in [4.69, 9.17) is 14.3 Å². The molecule has 0 radical (unpaired) electrons. The van der Waals surface area contributed by atoms with Gasteiger partial charge in [0.05, 0.1) is 45.3 Å². The van der Waals surface area contributed by atoms with Crippen LogP contribution in [0.25, 0.3) is 0 Å². The molecular formula is C19H28N2O8. The summed E-state index contributed by atoms with van der Waals surface area (Å²) in [6.45, 7) is 6.73. The van der Waals surface area contributed by atoms with E-state index >= 15 is 0 Å². The Labute approximate surface area is 169 Å². The first-order valence-corrected chi connectivity index (χ1v) is 9.67. The van der Waals surface area contributed by atoms with Crippen LogP contribution in [0.1, 0.15) is 46.5 Å². The van der Waals surface area contributed by atoms with Gasteiger partial charge >= 0.3 is 5.97 Å². The van der Waals surface area contributed by atoms with Crippen LogP contribution in [0.3, 0.4) is 0 Å². The molecule has 0 N–H and O–H groups in total. The second-order valence-electron chi connectivity index (χ2n) is 8.03. The summed E-state index contributed by atoms with van der Waals surface area (Å²) in [6, 6.07) is 0. The third-order valence-corrected chi connectivity index (χ3v) is 4.77. The van der Waals surface area contributed by atoms with Gasteiger partial charge in [0.1, 0.15) is 0 Å². The first-order chi connectivity index (χ1) is 13.6. The van der Waals surface area contributed by atoms with Gasteiger partial charge in [-0.15, -0.1) is 5.06 Å². The Hall–Kier alpha value is -2.33. The van der Waals surface area contributed by atoms with E-state index in [1.54, 1.807) is 0 Å². The van der Waals surface area contributed by atoms with E-state index in [-0.39, 0.29) is 81.8 Å². The van der Waals surface area contributed by atoms with Crippen LogP contribution >= 0.6 is 0 Å². The number of hydrogen-bond acceptors (Lipinski definition) is 8. The van der Waals surface area contributed by atoms with Crippen molar-refractivity contribution >= 4 is 29.6 Å². The van der Waals surface area contributed by atoms with Crippen LogP contribution < -0.4 is 0 Å². The zero-order valence-electron chi connectivity index (χ0n) is 17.1. The minimum absolute atomic E-state index is 0.0471. The number of carbonyl (C=O) groups excluding carboxylic acids is 5. The summed E-state index contributed by atoms with van der Waals surface area (Å²) in [4.78, 5) is 64.5. The van der Waals surface area contributed by atoms with Crippen LogP contribution in [0, 0.1) is 11.3 Å². The number of imide groups is 2. The standard InChI is InChI=1S/C19H28N2O8/c1-19(2,3)13-12-16(24)20(18(13)26)7-9-28-11-10-27-8-6-17(25)29-21-14(22)4-5-15(21)23/h13H,4-12H2,1-3H3. The van der Waals surface area contributed by atoms with Gasteiger partial charge in [-0.25, -0.2) is 4.79 Å². The molecule has 0 aromatic rings. The fraction of sp³-hybridized carbons (Fsp3) is 0.737. The van der Waals surface area contributed by atoms with E-state index in [1.165, 1.54) is 4.90 Å². The maximum atomic E-state index is 12.3. The molecule has 0 saturated carbocycles. The molecule has 0 spiro atoms. The van der Waals surface area contributed by atoms with Gasteiger partial charge in [-0.2, -0.15) is 0 Å². The van der Waals surface area contributed by atoms with E-state index in [9.17, 15) is 24.0 Å².